The number of halogens is 4. The number of hydrogen-bond acceptors (Lipinski definition) is 6. The molecule has 0 fully saturated rings. The van der Waals surface area contributed by atoms with Gasteiger partial charge in [-0.15, -0.1) is 0 Å². The summed E-state index contributed by atoms with van der Waals surface area (Å²) in [6.45, 7) is 2.10. The van der Waals surface area contributed by atoms with Gasteiger partial charge in [-0.25, -0.2) is 9.97 Å². The molecule has 3 N–H and O–H groups in total. The number of pyridine rings is 1. The van der Waals surface area contributed by atoms with Gasteiger partial charge in [-0.2, -0.15) is 18.2 Å². The van der Waals surface area contributed by atoms with Crippen molar-refractivity contribution in [1.29, 1.82) is 0 Å². The summed E-state index contributed by atoms with van der Waals surface area (Å²) < 4.78 is 42.8. The lowest BCUT2D eigenvalue weighted by molar-refractivity contribution is -0.137. The Morgan fingerprint density at radius 3 is 2.59 bits per heavy atom. The Hall–Kier alpha value is -2.29. The minimum atomic E-state index is -4.52. The van der Waals surface area contributed by atoms with E-state index in [0.717, 1.165) is 6.07 Å². The Morgan fingerprint density at radius 2 is 2.00 bits per heavy atom. The Morgan fingerprint density at radius 1 is 1.27 bits per heavy atom. The largest absolute Gasteiger partial charge is 0.476 e. The molecule has 0 radical (unpaired) electrons. The van der Waals surface area contributed by atoms with E-state index < -0.39 is 11.7 Å². The second-order valence-corrected chi connectivity index (χ2v) is 4.46. The normalized spacial score (nSPS) is 11.3. The van der Waals surface area contributed by atoms with Crippen LogP contribution in [0.25, 0.3) is 0 Å². The van der Waals surface area contributed by atoms with Gasteiger partial charge in [0.15, 0.2) is 5.82 Å². The first-order chi connectivity index (χ1) is 10.3. The predicted octanol–water partition coefficient (Wildman–Crippen LogP) is 3.27. The van der Waals surface area contributed by atoms with E-state index in [1.54, 1.807) is 6.92 Å². The Kier molecular flexibility index (Phi) is 4.55. The van der Waals surface area contributed by atoms with Gasteiger partial charge in [0.25, 0.3) is 0 Å². The number of rotatable bonds is 4. The molecule has 0 saturated carbocycles. The lowest BCUT2D eigenvalue weighted by atomic mass is 10.3. The average molecular weight is 334 g/mol. The highest BCUT2D eigenvalue weighted by atomic mass is 35.5. The zero-order valence-corrected chi connectivity index (χ0v) is 12.0. The number of anilines is 3. The van der Waals surface area contributed by atoms with Crippen LogP contribution in [0.3, 0.4) is 0 Å². The van der Waals surface area contributed by atoms with Crippen LogP contribution in [0, 0.1) is 0 Å². The van der Waals surface area contributed by atoms with Gasteiger partial charge >= 0.3 is 6.18 Å². The fourth-order valence-electron chi connectivity index (χ4n) is 1.53. The van der Waals surface area contributed by atoms with Crippen molar-refractivity contribution in [1.82, 2.24) is 15.0 Å². The minimum Gasteiger partial charge on any atom is -0.476 e. The van der Waals surface area contributed by atoms with Crippen molar-refractivity contribution in [3.63, 3.8) is 0 Å². The molecule has 0 aliphatic heterocycles. The first-order valence-corrected chi connectivity index (χ1v) is 6.43. The van der Waals surface area contributed by atoms with Gasteiger partial charge in [-0.05, 0) is 13.0 Å². The number of nitrogen functional groups attached to an aromatic ring is 1. The molecular formula is C12H11ClF3N5O. The third kappa shape index (κ3) is 3.48. The molecule has 0 aromatic carbocycles. The first kappa shape index (κ1) is 16.1. The molecule has 0 aliphatic carbocycles. The zero-order valence-electron chi connectivity index (χ0n) is 11.3. The molecule has 0 spiro atoms. The molecule has 0 aliphatic rings. The molecule has 0 unspecified atom stereocenters. The fourth-order valence-corrected chi connectivity index (χ4v) is 1.74. The van der Waals surface area contributed by atoms with Gasteiger partial charge in [0, 0.05) is 6.20 Å². The number of alkyl halides is 3. The summed E-state index contributed by atoms with van der Waals surface area (Å²) in [6, 6.07) is 0.762. The van der Waals surface area contributed by atoms with Gasteiger partial charge < -0.3 is 15.8 Å². The molecule has 2 heterocycles. The van der Waals surface area contributed by atoms with Gasteiger partial charge in [0.05, 0.1) is 17.2 Å². The van der Waals surface area contributed by atoms with Crippen molar-refractivity contribution in [2.75, 3.05) is 17.7 Å². The number of aromatic nitrogens is 3. The minimum absolute atomic E-state index is 0.0116. The van der Waals surface area contributed by atoms with Crippen LogP contribution in [-0.4, -0.2) is 21.6 Å². The molecule has 0 bridgehead atoms. The molecule has 22 heavy (non-hydrogen) atoms. The van der Waals surface area contributed by atoms with E-state index in [1.165, 1.54) is 6.33 Å². The summed E-state index contributed by atoms with van der Waals surface area (Å²) in [4.78, 5) is 11.4. The average Bonchev–Trinajstić information content (AvgIpc) is 2.44. The molecule has 2 aromatic rings. The smallest absolute Gasteiger partial charge is 0.417 e. The first-order valence-electron chi connectivity index (χ1n) is 6.06. The molecular weight excluding hydrogens is 323 g/mol. The highest BCUT2D eigenvalue weighted by Gasteiger charge is 2.31. The molecule has 0 amide bonds. The Labute approximate surface area is 128 Å². The maximum absolute atomic E-state index is 12.6. The molecule has 10 heteroatoms. The van der Waals surface area contributed by atoms with Crippen LogP contribution < -0.4 is 15.8 Å². The number of ether oxygens (including phenoxy) is 1. The van der Waals surface area contributed by atoms with E-state index >= 15 is 0 Å². The summed E-state index contributed by atoms with van der Waals surface area (Å²) in [5.74, 6) is 0.276. The monoisotopic (exact) mass is 333 g/mol. The highest BCUT2D eigenvalue weighted by Crippen LogP contribution is 2.34. The van der Waals surface area contributed by atoms with Crippen molar-refractivity contribution >= 4 is 28.9 Å². The van der Waals surface area contributed by atoms with Crippen LogP contribution >= 0.6 is 11.6 Å². The Bertz CT molecular complexity index is 680. The predicted molar refractivity (Wildman–Crippen MR) is 75.1 cm³/mol. The lowest BCUT2D eigenvalue weighted by Crippen LogP contribution is -2.08. The standard InChI is InChI=1S/C12H11ClF3N5O/c1-2-22-11-8(17)10(19-5-20-11)21-9-7(13)3-6(4-18-9)12(14,15)16/h3-5H,2,17H2,1H3,(H,18,19,20,21). The zero-order chi connectivity index (χ0) is 16.3. The molecule has 0 atom stereocenters. The van der Waals surface area contributed by atoms with E-state index in [0.29, 0.717) is 12.8 Å². The van der Waals surface area contributed by atoms with E-state index in [-0.39, 0.29) is 28.2 Å². The number of nitrogens with two attached hydrogens (primary N) is 1. The van der Waals surface area contributed by atoms with E-state index in [1.807, 2.05) is 0 Å². The van der Waals surface area contributed by atoms with E-state index in [4.69, 9.17) is 22.1 Å². The van der Waals surface area contributed by atoms with Crippen LogP contribution in [-0.2, 0) is 6.18 Å². The maximum Gasteiger partial charge on any atom is 0.417 e. The number of nitrogens with one attached hydrogen (secondary N) is 1. The van der Waals surface area contributed by atoms with Gasteiger partial charge in [-0.3, -0.25) is 0 Å². The van der Waals surface area contributed by atoms with Crippen molar-refractivity contribution in [2.24, 2.45) is 0 Å². The number of nitrogens with zero attached hydrogens (tertiary/aromatic N) is 3. The van der Waals surface area contributed by atoms with Gasteiger partial charge in [-0.1, -0.05) is 11.6 Å². The van der Waals surface area contributed by atoms with Crippen molar-refractivity contribution < 1.29 is 17.9 Å². The third-order valence-corrected chi connectivity index (χ3v) is 2.82. The van der Waals surface area contributed by atoms with E-state index in [2.05, 4.69) is 20.3 Å². The summed E-state index contributed by atoms with van der Waals surface area (Å²) in [7, 11) is 0. The third-order valence-electron chi connectivity index (χ3n) is 2.53. The van der Waals surface area contributed by atoms with Crippen LogP contribution in [0.2, 0.25) is 5.02 Å². The second kappa shape index (κ2) is 6.22. The van der Waals surface area contributed by atoms with Crippen LogP contribution in [0.1, 0.15) is 12.5 Å². The topological polar surface area (TPSA) is 86.0 Å². The van der Waals surface area contributed by atoms with Crippen molar-refractivity contribution in [3.05, 3.63) is 29.2 Å². The summed E-state index contributed by atoms with van der Waals surface area (Å²) in [5.41, 5.74) is 4.95. The van der Waals surface area contributed by atoms with E-state index in [9.17, 15) is 13.2 Å². The molecule has 6 nitrogen and oxygen atoms in total. The van der Waals surface area contributed by atoms with Crippen molar-refractivity contribution in [3.8, 4) is 5.88 Å². The summed E-state index contributed by atoms with van der Waals surface area (Å²) >= 11 is 5.80. The quantitative estimate of drug-likeness (QED) is 0.893. The summed E-state index contributed by atoms with van der Waals surface area (Å²) in [6.07, 6.45) is -2.66. The van der Waals surface area contributed by atoms with Gasteiger partial charge in [0.2, 0.25) is 5.88 Å². The Balaban J connectivity index is 2.30. The lowest BCUT2D eigenvalue weighted by Gasteiger charge is -2.12. The molecule has 0 saturated heterocycles. The second-order valence-electron chi connectivity index (χ2n) is 4.05. The van der Waals surface area contributed by atoms with Gasteiger partial charge in [0.1, 0.15) is 17.8 Å². The SMILES string of the molecule is CCOc1ncnc(Nc2ncc(C(F)(F)F)cc2Cl)c1N. The molecule has 2 aromatic heterocycles. The molecule has 118 valence electrons. The highest BCUT2D eigenvalue weighted by molar-refractivity contribution is 6.33. The maximum atomic E-state index is 12.6. The molecule has 2 rings (SSSR count). The number of hydrogen-bond donors (Lipinski definition) is 2. The summed E-state index contributed by atoms with van der Waals surface area (Å²) in [5, 5.41) is 2.43. The van der Waals surface area contributed by atoms with Crippen LogP contribution in [0.4, 0.5) is 30.5 Å². The van der Waals surface area contributed by atoms with Crippen LogP contribution in [0.15, 0.2) is 18.6 Å². The van der Waals surface area contributed by atoms with Crippen molar-refractivity contribution in [2.45, 2.75) is 13.1 Å². The van der Waals surface area contributed by atoms with Crippen LogP contribution in [0.5, 0.6) is 5.88 Å². The fraction of sp³-hybridized carbons (Fsp3) is 0.250.